The van der Waals surface area contributed by atoms with Crippen LogP contribution in [0, 0.1) is 0 Å². The van der Waals surface area contributed by atoms with Crippen molar-refractivity contribution in [1.29, 1.82) is 0 Å². The van der Waals surface area contributed by atoms with Gasteiger partial charge in [0.1, 0.15) is 10.7 Å². The Bertz CT molecular complexity index is 743. The summed E-state index contributed by atoms with van der Waals surface area (Å²) in [6, 6.07) is 6.83. The van der Waals surface area contributed by atoms with Crippen molar-refractivity contribution in [3.8, 4) is 0 Å². The maximum absolute atomic E-state index is 12.5. The quantitative estimate of drug-likeness (QED) is 0.856. The first-order valence-corrected chi connectivity index (χ1v) is 8.83. The van der Waals surface area contributed by atoms with Crippen molar-refractivity contribution < 1.29 is 9.59 Å². The Kier molecular flexibility index (Phi) is 6.78. The van der Waals surface area contributed by atoms with E-state index in [9.17, 15) is 9.59 Å². The Labute approximate surface area is 161 Å². The summed E-state index contributed by atoms with van der Waals surface area (Å²) in [6.07, 6.45) is 0. The SMILES string of the molecule is Cl.NCc1nc(C(=O)N2CCN(C(=O)c3ccc(Cl)cc3)CC2)cs1. The summed E-state index contributed by atoms with van der Waals surface area (Å²) in [5, 5.41) is 3.08. The highest BCUT2D eigenvalue weighted by Crippen LogP contribution is 2.15. The molecule has 0 unspecified atom stereocenters. The molecule has 1 aromatic heterocycles. The van der Waals surface area contributed by atoms with Crippen LogP contribution in [0.25, 0.3) is 0 Å². The molecule has 0 saturated carbocycles. The molecule has 0 atom stereocenters. The van der Waals surface area contributed by atoms with Crippen LogP contribution >= 0.6 is 35.3 Å². The normalized spacial score (nSPS) is 14.2. The predicted octanol–water partition coefficient (Wildman–Crippen LogP) is 2.28. The van der Waals surface area contributed by atoms with Gasteiger partial charge >= 0.3 is 0 Å². The average Bonchev–Trinajstić information content (AvgIpc) is 3.10. The van der Waals surface area contributed by atoms with Gasteiger partial charge < -0.3 is 15.5 Å². The van der Waals surface area contributed by atoms with Gasteiger partial charge in [-0.15, -0.1) is 23.7 Å². The summed E-state index contributed by atoms with van der Waals surface area (Å²) < 4.78 is 0. The van der Waals surface area contributed by atoms with Crippen molar-refractivity contribution in [2.45, 2.75) is 6.54 Å². The molecular weight excluding hydrogens is 383 g/mol. The topological polar surface area (TPSA) is 79.5 Å². The van der Waals surface area contributed by atoms with Gasteiger partial charge in [0.05, 0.1) is 0 Å². The van der Waals surface area contributed by atoms with Crippen LogP contribution in [0.4, 0.5) is 0 Å². The van der Waals surface area contributed by atoms with Crippen LogP contribution in [0.3, 0.4) is 0 Å². The zero-order valence-corrected chi connectivity index (χ0v) is 15.7. The lowest BCUT2D eigenvalue weighted by Crippen LogP contribution is -2.50. The van der Waals surface area contributed by atoms with E-state index in [4.69, 9.17) is 17.3 Å². The third-order valence-corrected chi connectivity index (χ3v) is 5.01. The van der Waals surface area contributed by atoms with E-state index in [2.05, 4.69) is 4.98 Å². The van der Waals surface area contributed by atoms with Crippen LogP contribution in [0.1, 0.15) is 25.9 Å². The highest BCUT2D eigenvalue weighted by molar-refractivity contribution is 7.09. The molecule has 2 amide bonds. The Morgan fingerprint density at radius 2 is 1.64 bits per heavy atom. The van der Waals surface area contributed by atoms with Gasteiger partial charge in [-0.3, -0.25) is 9.59 Å². The maximum Gasteiger partial charge on any atom is 0.273 e. The first-order chi connectivity index (χ1) is 11.6. The van der Waals surface area contributed by atoms with Crippen molar-refractivity contribution in [3.63, 3.8) is 0 Å². The molecule has 0 radical (unpaired) electrons. The molecule has 25 heavy (non-hydrogen) atoms. The van der Waals surface area contributed by atoms with Crippen LogP contribution in [-0.2, 0) is 6.54 Å². The molecule has 6 nitrogen and oxygen atoms in total. The third-order valence-electron chi connectivity index (χ3n) is 3.89. The number of hydrogen-bond acceptors (Lipinski definition) is 5. The second-order valence-electron chi connectivity index (χ2n) is 5.42. The number of amides is 2. The van der Waals surface area contributed by atoms with Gasteiger partial charge in [-0.25, -0.2) is 4.98 Å². The van der Waals surface area contributed by atoms with E-state index >= 15 is 0 Å². The number of halogens is 2. The number of benzene rings is 1. The van der Waals surface area contributed by atoms with Crippen molar-refractivity contribution in [3.05, 3.63) is 50.9 Å². The summed E-state index contributed by atoms with van der Waals surface area (Å²) in [5.74, 6) is -0.151. The summed E-state index contributed by atoms with van der Waals surface area (Å²) in [7, 11) is 0. The number of hydrogen-bond donors (Lipinski definition) is 1. The molecule has 1 saturated heterocycles. The Morgan fingerprint density at radius 3 is 2.16 bits per heavy atom. The van der Waals surface area contributed by atoms with E-state index in [1.165, 1.54) is 11.3 Å². The molecule has 0 spiro atoms. The summed E-state index contributed by atoms with van der Waals surface area (Å²) in [6.45, 7) is 2.32. The molecular formula is C16H18Cl2N4O2S. The van der Waals surface area contributed by atoms with Crippen molar-refractivity contribution in [2.24, 2.45) is 5.73 Å². The van der Waals surface area contributed by atoms with Gasteiger partial charge in [-0.05, 0) is 24.3 Å². The largest absolute Gasteiger partial charge is 0.335 e. The molecule has 3 rings (SSSR count). The second kappa shape index (κ2) is 8.62. The highest BCUT2D eigenvalue weighted by atomic mass is 35.5. The summed E-state index contributed by atoms with van der Waals surface area (Å²) >= 11 is 7.23. The fourth-order valence-corrected chi connectivity index (χ4v) is 3.33. The van der Waals surface area contributed by atoms with Crippen LogP contribution in [0.5, 0.6) is 0 Å². The lowest BCUT2D eigenvalue weighted by molar-refractivity contribution is 0.0532. The number of nitrogens with two attached hydrogens (primary N) is 1. The standard InChI is InChI=1S/C16H17ClN4O2S.ClH/c17-12-3-1-11(2-4-12)15(22)20-5-7-21(8-6-20)16(23)13-10-24-14(9-18)19-13;/h1-4,10H,5-9,18H2;1H. The molecule has 1 fully saturated rings. The van der Waals surface area contributed by atoms with Gasteiger partial charge in [0.25, 0.3) is 11.8 Å². The van der Waals surface area contributed by atoms with Gasteiger partial charge in [0.15, 0.2) is 0 Å². The van der Waals surface area contributed by atoms with Gasteiger partial charge in [-0.2, -0.15) is 0 Å². The molecule has 2 heterocycles. The maximum atomic E-state index is 12.5. The number of carbonyl (C=O) groups excluding carboxylic acids is 2. The van der Waals surface area contributed by atoms with E-state index in [1.54, 1.807) is 39.4 Å². The van der Waals surface area contributed by atoms with E-state index < -0.39 is 0 Å². The summed E-state index contributed by atoms with van der Waals surface area (Å²) in [5.41, 5.74) is 6.56. The molecule has 134 valence electrons. The lowest BCUT2D eigenvalue weighted by atomic mass is 10.2. The minimum Gasteiger partial charge on any atom is -0.335 e. The van der Waals surface area contributed by atoms with Crippen molar-refractivity contribution in [2.75, 3.05) is 26.2 Å². The Balaban J connectivity index is 0.00000225. The highest BCUT2D eigenvalue weighted by Gasteiger charge is 2.26. The average molecular weight is 401 g/mol. The zero-order valence-electron chi connectivity index (χ0n) is 13.4. The van der Waals surface area contributed by atoms with Crippen LogP contribution in [0.15, 0.2) is 29.6 Å². The zero-order chi connectivity index (χ0) is 17.1. The summed E-state index contributed by atoms with van der Waals surface area (Å²) in [4.78, 5) is 32.6. The predicted molar refractivity (Wildman–Crippen MR) is 101 cm³/mol. The fourth-order valence-electron chi connectivity index (χ4n) is 2.55. The van der Waals surface area contributed by atoms with E-state index in [0.717, 1.165) is 5.01 Å². The molecule has 1 aliphatic heterocycles. The molecule has 2 aromatic rings. The molecule has 1 aliphatic rings. The number of carbonyl (C=O) groups is 2. The van der Waals surface area contributed by atoms with E-state index in [0.29, 0.717) is 49.0 Å². The minimum absolute atomic E-state index is 0. The Morgan fingerprint density at radius 1 is 1.08 bits per heavy atom. The number of rotatable bonds is 3. The first-order valence-electron chi connectivity index (χ1n) is 7.57. The fraction of sp³-hybridized carbons (Fsp3) is 0.312. The van der Waals surface area contributed by atoms with Crippen LogP contribution < -0.4 is 5.73 Å². The minimum atomic E-state index is -0.107. The third kappa shape index (κ3) is 4.49. The van der Waals surface area contributed by atoms with Gasteiger partial charge in [-0.1, -0.05) is 11.6 Å². The number of piperazine rings is 1. The monoisotopic (exact) mass is 400 g/mol. The van der Waals surface area contributed by atoms with Crippen LogP contribution in [0.2, 0.25) is 5.02 Å². The molecule has 0 bridgehead atoms. The van der Waals surface area contributed by atoms with Gasteiger partial charge in [0, 0.05) is 48.7 Å². The molecule has 9 heteroatoms. The first kappa shape index (κ1) is 19.7. The van der Waals surface area contributed by atoms with Gasteiger partial charge in [0.2, 0.25) is 0 Å². The van der Waals surface area contributed by atoms with Crippen LogP contribution in [-0.4, -0.2) is 52.8 Å². The molecule has 2 N–H and O–H groups in total. The number of nitrogens with zero attached hydrogens (tertiary/aromatic N) is 3. The number of aromatic nitrogens is 1. The van der Waals surface area contributed by atoms with Crippen molar-refractivity contribution in [1.82, 2.24) is 14.8 Å². The van der Waals surface area contributed by atoms with Crippen molar-refractivity contribution >= 4 is 47.2 Å². The second-order valence-corrected chi connectivity index (χ2v) is 6.80. The van der Waals surface area contributed by atoms with E-state index in [1.807, 2.05) is 0 Å². The molecule has 0 aliphatic carbocycles. The smallest absolute Gasteiger partial charge is 0.273 e. The lowest BCUT2D eigenvalue weighted by Gasteiger charge is -2.34. The number of thiazole rings is 1. The van der Waals surface area contributed by atoms with E-state index in [-0.39, 0.29) is 24.2 Å². The Hall–Kier alpha value is -1.67. The molecule has 1 aromatic carbocycles.